The van der Waals surface area contributed by atoms with Crippen LogP contribution in [0.4, 0.5) is 5.69 Å². The van der Waals surface area contributed by atoms with Crippen LogP contribution in [0.5, 0.6) is 0 Å². The summed E-state index contributed by atoms with van der Waals surface area (Å²) in [5.74, 6) is 0. The molecule has 0 fully saturated rings. The van der Waals surface area contributed by atoms with E-state index in [1.807, 2.05) is 0 Å². The highest BCUT2D eigenvalue weighted by molar-refractivity contribution is 7.89. The zero-order valence-electron chi connectivity index (χ0n) is 10.8. The number of aromatic amines is 1. The molecule has 0 amide bonds. The molecule has 0 atom stereocenters. The lowest BCUT2D eigenvalue weighted by Crippen LogP contribution is -2.23. The van der Waals surface area contributed by atoms with Gasteiger partial charge in [-0.25, -0.2) is 13.1 Å². The van der Waals surface area contributed by atoms with E-state index in [0.717, 1.165) is 22.7 Å². The maximum Gasteiger partial charge on any atom is 0.304 e. The van der Waals surface area contributed by atoms with Gasteiger partial charge in [0, 0.05) is 23.3 Å². The van der Waals surface area contributed by atoms with E-state index >= 15 is 0 Å². The standard InChI is InChI=1S/C12H15N3O3S2/c1-2-14-20(17,18)11-5-3-9(4-6-11)13-7-10-8-19-12(16)15-10/h3-6,8,13-14H,2,7H2,1H3,(H,15,16). The number of rotatable bonds is 6. The molecule has 6 nitrogen and oxygen atoms in total. The SMILES string of the molecule is CCNS(=O)(=O)c1ccc(NCc2csc(=O)[nH]2)cc1. The Bertz CT molecular complexity index is 717. The summed E-state index contributed by atoms with van der Waals surface area (Å²) in [6, 6.07) is 6.46. The summed E-state index contributed by atoms with van der Waals surface area (Å²) in [6.45, 7) is 2.57. The number of aromatic nitrogens is 1. The van der Waals surface area contributed by atoms with Crippen molar-refractivity contribution in [2.45, 2.75) is 18.4 Å². The van der Waals surface area contributed by atoms with E-state index < -0.39 is 10.0 Å². The van der Waals surface area contributed by atoms with Crippen LogP contribution in [0.1, 0.15) is 12.6 Å². The maximum absolute atomic E-state index is 11.8. The summed E-state index contributed by atoms with van der Waals surface area (Å²) >= 11 is 1.11. The van der Waals surface area contributed by atoms with Gasteiger partial charge in [-0.1, -0.05) is 18.3 Å². The predicted octanol–water partition coefficient (Wildman–Crippen LogP) is 1.35. The third kappa shape index (κ3) is 3.69. The third-order valence-electron chi connectivity index (χ3n) is 2.55. The largest absolute Gasteiger partial charge is 0.379 e. The number of sulfonamides is 1. The number of hydrogen-bond donors (Lipinski definition) is 3. The highest BCUT2D eigenvalue weighted by Crippen LogP contribution is 2.14. The molecule has 2 aromatic rings. The van der Waals surface area contributed by atoms with Gasteiger partial charge in [0.2, 0.25) is 10.0 Å². The maximum atomic E-state index is 11.8. The first kappa shape index (κ1) is 14.8. The average Bonchev–Trinajstić information content (AvgIpc) is 2.83. The molecule has 8 heteroatoms. The molecule has 3 N–H and O–H groups in total. The van der Waals surface area contributed by atoms with Crippen molar-refractivity contribution < 1.29 is 8.42 Å². The molecule has 0 unspecified atom stereocenters. The molecule has 0 saturated heterocycles. The van der Waals surface area contributed by atoms with Crippen molar-refractivity contribution in [2.24, 2.45) is 0 Å². The molecule has 0 radical (unpaired) electrons. The molecule has 0 aliphatic rings. The van der Waals surface area contributed by atoms with Gasteiger partial charge in [-0.3, -0.25) is 4.79 Å². The van der Waals surface area contributed by atoms with Crippen molar-refractivity contribution in [3.63, 3.8) is 0 Å². The highest BCUT2D eigenvalue weighted by Gasteiger charge is 2.11. The lowest BCUT2D eigenvalue weighted by atomic mass is 10.3. The Morgan fingerprint density at radius 3 is 2.50 bits per heavy atom. The molecule has 108 valence electrons. The van der Waals surface area contributed by atoms with Crippen LogP contribution < -0.4 is 14.9 Å². The molecule has 1 aromatic heterocycles. The summed E-state index contributed by atoms with van der Waals surface area (Å²) in [7, 11) is -3.41. The second-order valence-electron chi connectivity index (χ2n) is 4.05. The zero-order valence-corrected chi connectivity index (χ0v) is 12.5. The summed E-state index contributed by atoms with van der Waals surface area (Å²) in [5, 5.41) is 4.86. The molecular formula is C12H15N3O3S2. The van der Waals surface area contributed by atoms with Gasteiger partial charge < -0.3 is 10.3 Å². The highest BCUT2D eigenvalue weighted by atomic mass is 32.2. The Morgan fingerprint density at radius 2 is 1.95 bits per heavy atom. The van der Waals surface area contributed by atoms with E-state index in [2.05, 4.69) is 15.0 Å². The quantitative estimate of drug-likeness (QED) is 0.750. The van der Waals surface area contributed by atoms with Gasteiger partial charge in [-0.15, -0.1) is 0 Å². The van der Waals surface area contributed by atoms with Crippen molar-refractivity contribution in [3.05, 3.63) is 45.0 Å². The van der Waals surface area contributed by atoms with Crippen LogP contribution in [0.15, 0.2) is 39.3 Å². The normalized spacial score (nSPS) is 11.4. The van der Waals surface area contributed by atoms with Crippen molar-refractivity contribution in [3.8, 4) is 0 Å². The average molecular weight is 313 g/mol. The topological polar surface area (TPSA) is 91.1 Å². The number of H-pyrrole nitrogens is 1. The van der Waals surface area contributed by atoms with Crippen molar-refractivity contribution in [2.75, 3.05) is 11.9 Å². The monoisotopic (exact) mass is 313 g/mol. The molecule has 0 bridgehead atoms. The van der Waals surface area contributed by atoms with E-state index in [9.17, 15) is 13.2 Å². The van der Waals surface area contributed by atoms with E-state index in [-0.39, 0.29) is 9.77 Å². The number of thiazole rings is 1. The van der Waals surface area contributed by atoms with E-state index in [1.165, 1.54) is 12.1 Å². The van der Waals surface area contributed by atoms with Gasteiger partial charge in [0.25, 0.3) is 0 Å². The van der Waals surface area contributed by atoms with Gasteiger partial charge in [0.15, 0.2) is 0 Å². The van der Waals surface area contributed by atoms with Gasteiger partial charge in [0.1, 0.15) is 0 Å². The first-order chi connectivity index (χ1) is 9.51. The van der Waals surface area contributed by atoms with Gasteiger partial charge in [-0.05, 0) is 24.3 Å². The first-order valence-corrected chi connectivity index (χ1v) is 8.38. The summed E-state index contributed by atoms with van der Waals surface area (Å²) in [5.41, 5.74) is 1.58. The fourth-order valence-electron chi connectivity index (χ4n) is 1.62. The fraction of sp³-hybridized carbons (Fsp3) is 0.250. The summed E-state index contributed by atoms with van der Waals surface area (Å²) < 4.78 is 25.9. The van der Waals surface area contributed by atoms with Crippen molar-refractivity contribution in [1.82, 2.24) is 9.71 Å². The van der Waals surface area contributed by atoms with Crippen molar-refractivity contribution in [1.29, 1.82) is 0 Å². The van der Waals surface area contributed by atoms with Crippen LogP contribution in [0.2, 0.25) is 0 Å². The van der Waals surface area contributed by atoms with Gasteiger partial charge >= 0.3 is 4.87 Å². The number of benzene rings is 1. The molecule has 0 aliphatic carbocycles. The Kier molecular flexibility index (Phi) is 4.58. The summed E-state index contributed by atoms with van der Waals surface area (Å²) in [6.07, 6.45) is 0. The third-order valence-corrected chi connectivity index (χ3v) is 4.83. The molecular weight excluding hydrogens is 298 g/mol. The molecule has 20 heavy (non-hydrogen) atoms. The molecule has 2 rings (SSSR count). The van der Waals surface area contributed by atoms with Gasteiger partial charge in [-0.2, -0.15) is 0 Å². The lowest BCUT2D eigenvalue weighted by Gasteiger charge is -2.07. The van der Waals surface area contributed by atoms with Gasteiger partial charge in [0.05, 0.1) is 11.4 Å². The molecule has 0 aliphatic heterocycles. The first-order valence-electron chi connectivity index (χ1n) is 6.01. The van der Waals surface area contributed by atoms with Crippen LogP contribution in [0.3, 0.4) is 0 Å². The Morgan fingerprint density at radius 1 is 1.25 bits per heavy atom. The van der Waals surface area contributed by atoms with Crippen LogP contribution in [0, 0.1) is 0 Å². The molecule has 1 heterocycles. The van der Waals surface area contributed by atoms with Crippen LogP contribution in [0.25, 0.3) is 0 Å². The predicted molar refractivity (Wildman–Crippen MR) is 79.6 cm³/mol. The Labute approximate surface area is 120 Å². The smallest absolute Gasteiger partial charge is 0.304 e. The zero-order chi connectivity index (χ0) is 14.6. The summed E-state index contributed by atoms with van der Waals surface area (Å²) in [4.78, 5) is 13.8. The molecule has 1 aromatic carbocycles. The van der Waals surface area contributed by atoms with Crippen LogP contribution in [-0.4, -0.2) is 19.9 Å². The minimum atomic E-state index is -3.41. The fourth-order valence-corrected chi connectivity index (χ4v) is 3.25. The lowest BCUT2D eigenvalue weighted by molar-refractivity contribution is 0.584. The second-order valence-corrected chi connectivity index (χ2v) is 6.66. The molecule has 0 spiro atoms. The van der Waals surface area contributed by atoms with E-state index in [4.69, 9.17) is 0 Å². The number of hydrogen-bond acceptors (Lipinski definition) is 5. The minimum Gasteiger partial charge on any atom is -0.379 e. The Hall–Kier alpha value is -1.64. The second kappa shape index (κ2) is 6.21. The van der Waals surface area contributed by atoms with E-state index in [0.29, 0.717) is 13.1 Å². The number of nitrogens with one attached hydrogen (secondary N) is 3. The number of anilines is 1. The van der Waals surface area contributed by atoms with E-state index in [1.54, 1.807) is 24.4 Å². The van der Waals surface area contributed by atoms with Crippen molar-refractivity contribution >= 4 is 27.0 Å². The Balaban J connectivity index is 2.03. The van der Waals surface area contributed by atoms with Crippen LogP contribution >= 0.6 is 11.3 Å². The molecule has 0 saturated carbocycles. The van der Waals surface area contributed by atoms with Crippen LogP contribution in [-0.2, 0) is 16.6 Å². The minimum absolute atomic E-state index is 0.0890.